The Balaban J connectivity index is 0.00000144. The van der Waals surface area contributed by atoms with Gasteiger partial charge in [0.15, 0.2) is 24.8 Å². The summed E-state index contributed by atoms with van der Waals surface area (Å²) in [6.07, 6.45) is 8.48. The smallest absolute Gasteiger partial charge is 0.169 e. The number of aryl methyl sites for hydroxylation is 2. The first-order chi connectivity index (χ1) is 7.83. The van der Waals surface area contributed by atoms with Crippen LogP contribution in [0.2, 0.25) is 0 Å². The van der Waals surface area contributed by atoms with Crippen LogP contribution in [0.5, 0.6) is 0 Å². The molecule has 0 aliphatic rings. The van der Waals surface area contributed by atoms with Gasteiger partial charge in [-0.1, -0.05) is 7.43 Å². The molecule has 0 unspecified atom stereocenters. The summed E-state index contributed by atoms with van der Waals surface area (Å²) in [5, 5.41) is 0. The normalized spacial score (nSPS) is 9.76. The minimum Gasteiger partial charge on any atom is -0.205 e. The highest BCUT2D eigenvalue weighted by atomic mass is 14.9. The van der Waals surface area contributed by atoms with E-state index in [1.54, 1.807) is 0 Å². The first-order valence-corrected chi connectivity index (χ1v) is 5.82. The Morgan fingerprint density at radius 2 is 1.00 bits per heavy atom. The molecule has 2 aromatic heterocycles. The summed E-state index contributed by atoms with van der Waals surface area (Å²) in [6, 6.07) is 8.65. The third kappa shape index (κ3) is 3.13. The zero-order valence-electron chi connectivity index (χ0n) is 9.93. The predicted octanol–water partition coefficient (Wildman–Crippen LogP) is 2.60. The quantitative estimate of drug-likeness (QED) is 0.716. The van der Waals surface area contributed by atoms with Crippen LogP contribution in [0.15, 0.2) is 49.1 Å². The molecule has 0 bridgehead atoms. The summed E-state index contributed by atoms with van der Waals surface area (Å²) in [5.74, 6) is 0. The van der Waals surface area contributed by atoms with Crippen LogP contribution in [0.25, 0.3) is 11.1 Å². The van der Waals surface area contributed by atoms with Gasteiger partial charge in [-0.25, -0.2) is 9.13 Å². The molecule has 0 spiro atoms. The van der Waals surface area contributed by atoms with E-state index < -0.39 is 0 Å². The standard InChI is InChI=1S/C14H18N2.CH4/c1-3-15-9-5-13(6-10-15)14-7-11-16(4-2)12-8-14;/h5-12H,3-4H2,1-2H3;1H4/q+2;. The van der Waals surface area contributed by atoms with Crippen molar-refractivity contribution in [3.63, 3.8) is 0 Å². The molecule has 90 valence electrons. The molecule has 0 fully saturated rings. The Bertz CT molecular complexity index is 398. The van der Waals surface area contributed by atoms with E-state index >= 15 is 0 Å². The van der Waals surface area contributed by atoms with Gasteiger partial charge in [-0.15, -0.1) is 0 Å². The van der Waals surface area contributed by atoms with Gasteiger partial charge in [0.1, 0.15) is 13.1 Å². The Hall–Kier alpha value is -1.70. The molecule has 0 saturated heterocycles. The maximum atomic E-state index is 2.17. The molecule has 17 heavy (non-hydrogen) atoms. The number of pyridine rings is 2. The van der Waals surface area contributed by atoms with Gasteiger partial charge in [0.2, 0.25) is 0 Å². The van der Waals surface area contributed by atoms with Crippen molar-refractivity contribution in [2.45, 2.75) is 34.4 Å². The fraction of sp³-hybridized carbons (Fsp3) is 0.333. The SMILES string of the molecule is C.CC[n+]1ccc(-c2cc[n+](CC)cc2)cc1. The molecule has 0 aromatic carbocycles. The van der Waals surface area contributed by atoms with E-state index in [4.69, 9.17) is 0 Å². The maximum absolute atomic E-state index is 2.17. The molecular formula is C15H22N2+2. The molecule has 0 radical (unpaired) electrons. The zero-order chi connectivity index (χ0) is 11.4. The largest absolute Gasteiger partial charge is 0.205 e. The number of nitrogens with zero attached hydrogens (tertiary/aromatic N) is 2. The van der Waals surface area contributed by atoms with Crippen LogP contribution in [-0.2, 0) is 13.1 Å². The van der Waals surface area contributed by atoms with Crippen molar-refractivity contribution in [3.8, 4) is 11.1 Å². The summed E-state index contributed by atoms with van der Waals surface area (Å²) in [7, 11) is 0. The van der Waals surface area contributed by atoms with E-state index in [1.165, 1.54) is 11.1 Å². The lowest BCUT2D eigenvalue weighted by Crippen LogP contribution is -2.31. The van der Waals surface area contributed by atoms with Crippen LogP contribution in [0, 0.1) is 0 Å². The van der Waals surface area contributed by atoms with Gasteiger partial charge < -0.3 is 0 Å². The average molecular weight is 230 g/mol. The lowest BCUT2D eigenvalue weighted by molar-refractivity contribution is -0.693. The molecule has 0 atom stereocenters. The third-order valence-corrected chi connectivity index (χ3v) is 2.85. The molecule has 2 heteroatoms. The number of hydrogen-bond donors (Lipinski definition) is 0. The van der Waals surface area contributed by atoms with E-state index in [9.17, 15) is 0 Å². The first kappa shape index (κ1) is 13.4. The van der Waals surface area contributed by atoms with E-state index in [0.717, 1.165) is 13.1 Å². The van der Waals surface area contributed by atoms with Gasteiger partial charge in [0.05, 0.1) is 0 Å². The fourth-order valence-corrected chi connectivity index (χ4v) is 1.72. The Kier molecular flexibility index (Phi) is 4.83. The molecule has 0 aliphatic heterocycles. The summed E-state index contributed by atoms with van der Waals surface area (Å²) in [5.41, 5.74) is 2.54. The average Bonchev–Trinajstić information content (AvgIpc) is 2.39. The highest BCUT2D eigenvalue weighted by Gasteiger charge is 2.03. The summed E-state index contributed by atoms with van der Waals surface area (Å²) >= 11 is 0. The van der Waals surface area contributed by atoms with E-state index in [1.807, 2.05) is 0 Å². The molecular weight excluding hydrogens is 208 g/mol. The Labute approximate surface area is 104 Å². The van der Waals surface area contributed by atoms with E-state index in [0.29, 0.717) is 0 Å². The third-order valence-electron chi connectivity index (χ3n) is 2.85. The highest BCUT2D eigenvalue weighted by Crippen LogP contribution is 2.15. The summed E-state index contributed by atoms with van der Waals surface area (Å²) in [6.45, 7) is 6.33. The highest BCUT2D eigenvalue weighted by molar-refractivity contribution is 5.60. The molecule has 2 rings (SSSR count). The van der Waals surface area contributed by atoms with Crippen molar-refractivity contribution in [3.05, 3.63) is 49.1 Å². The van der Waals surface area contributed by atoms with Crippen molar-refractivity contribution in [1.29, 1.82) is 0 Å². The maximum Gasteiger partial charge on any atom is 0.169 e. The first-order valence-electron chi connectivity index (χ1n) is 5.82. The second-order valence-electron chi connectivity index (χ2n) is 3.83. The molecule has 2 aromatic rings. The predicted molar refractivity (Wildman–Crippen MR) is 70.3 cm³/mol. The minimum absolute atomic E-state index is 0. The van der Waals surface area contributed by atoms with Gasteiger partial charge >= 0.3 is 0 Å². The number of aromatic nitrogens is 2. The second-order valence-corrected chi connectivity index (χ2v) is 3.83. The lowest BCUT2D eigenvalue weighted by Gasteiger charge is -1.99. The van der Waals surface area contributed by atoms with Crippen molar-refractivity contribution in [1.82, 2.24) is 0 Å². The van der Waals surface area contributed by atoms with E-state index in [-0.39, 0.29) is 7.43 Å². The summed E-state index contributed by atoms with van der Waals surface area (Å²) in [4.78, 5) is 0. The molecule has 0 saturated carbocycles. The van der Waals surface area contributed by atoms with Gasteiger partial charge in [-0.3, -0.25) is 0 Å². The van der Waals surface area contributed by atoms with Crippen LogP contribution in [-0.4, -0.2) is 0 Å². The Morgan fingerprint density at radius 3 is 1.24 bits per heavy atom. The molecule has 0 aliphatic carbocycles. The fourth-order valence-electron chi connectivity index (χ4n) is 1.72. The second kappa shape index (κ2) is 6.14. The lowest BCUT2D eigenvalue weighted by atomic mass is 10.1. The topological polar surface area (TPSA) is 7.76 Å². The van der Waals surface area contributed by atoms with Crippen LogP contribution in [0.1, 0.15) is 21.3 Å². The van der Waals surface area contributed by atoms with Crippen molar-refractivity contribution in [2.24, 2.45) is 0 Å². The molecule has 2 nitrogen and oxygen atoms in total. The van der Waals surface area contributed by atoms with Gasteiger partial charge in [-0.05, 0) is 25.0 Å². The van der Waals surface area contributed by atoms with Crippen molar-refractivity contribution >= 4 is 0 Å². The van der Waals surface area contributed by atoms with Crippen LogP contribution < -0.4 is 9.13 Å². The molecule has 0 N–H and O–H groups in total. The van der Waals surface area contributed by atoms with Crippen molar-refractivity contribution in [2.75, 3.05) is 0 Å². The zero-order valence-corrected chi connectivity index (χ0v) is 9.93. The Morgan fingerprint density at radius 1 is 0.706 bits per heavy atom. The van der Waals surface area contributed by atoms with Crippen molar-refractivity contribution < 1.29 is 9.13 Å². The molecule has 0 amide bonds. The van der Waals surface area contributed by atoms with Crippen LogP contribution >= 0.6 is 0 Å². The van der Waals surface area contributed by atoms with E-state index in [2.05, 4.69) is 72.0 Å². The number of rotatable bonds is 3. The minimum atomic E-state index is 0. The van der Waals surface area contributed by atoms with Gasteiger partial charge in [0, 0.05) is 24.3 Å². The van der Waals surface area contributed by atoms with Gasteiger partial charge in [-0.2, -0.15) is 0 Å². The van der Waals surface area contributed by atoms with Crippen LogP contribution in [0.4, 0.5) is 0 Å². The van der Waals surface area contributed by atoms with Crippen LogP contribution in [0.3, 0.4) is 0 Å². The molecule has 2 heterocycles. The number of hydrogen-bond acceptors (Lipinski definition) is 0. The van der Waals surface area contributed by atoms with Gasteiger partial charge in [0.25, 0.3) is 0 Å². The summed E-state index contributed by atoms with van der Waals surface area (Å²) < 4.78 is 4.33. The monoisotopic (exact) mass is 230 g/mol.